The fourth-order valence-electron chi connectivity index (χ4n) is 2.44. The molecule has 5 heteroatoms. The molecule has 120 valence electrons. The Morgan fingerprint density at radius 1 is 1.27 bits per heavy atom. The van der Waals surface area contributed by atoms with Crippen LogP contribution in [0.4, 0.5) is 0 Å². The summed E-state index contributed by atoms with van der Waals surface area (Å²) in [7, 11) is 1.77. The van der Waals surface area contributed by atoms with Crippen LogP contribution in [0.1, 0.15) is 39.2 Å². The Kier molecular flexibility index (Phi) is 4.54. The van der Waals surface area contributed by atoms with Crippen LogP contribution in [0.2, 0.25) is 0 Å². The quantitative estimate of drug-likeness (QED) is 0.843. The highest BCUT2D eigenvalue weighted by Gasteiger charge is 2.57. The van der Waals surface area contributed by atoms with Crippen LogP contribution in [0, 0.1) is 5.41 Å². The van der Waals surface area contributed by atoms with E-state index in [1.165, 1.54) is 0 Å². The molecule has 5 nitrogen and oxygen atoms in total. The molecule has 1 N–H and O–H groups in total. The van der Waals surface area contributed by atoms with E-state index in [1.54, 1.807) is 24.3 Å². The standard InChI is InChI=1S/C17H25N3O2/c1-16(2,3)19-14(21)17(8-9-17)15(22)20(4)12-7-13-5-10-18-11-6-13/h5-6,10-11H,7-9,12H2,1-4H3,(H,19,21). The molecule has 0 unspecified atom stereocenters. The van der Waals surface area contributed by atoms with Crippen LogP contribution in [0.3, 0.4) is 0 Å². The van der Waals surface area contributed by atoms with Crippen molar-refractivity contribution in [2.45, 2.75) is 45.6 Å². The molecular weight excluding hydrogens is 278 g/mol. The molecule has 0 spiro atoms. The predicted molar refractivity (Wildman–Crippen MR) is 85.1 cm³/mol. The number of hydrogen-bond donors (Lipinski definition) is 1. The summed E-state index contributed by atoms with van der Waals surface area (Å²) in [5.74, 6) is -0.205. The number of aromatic nitrogens is 1. The van der Waals surface area contributed by atoms with Crippen molar-refractivity contribution < 1.29 is 9.59 Å². The van der Waals surface area contributed by atoms with Crippen molar-refractivity contribution in [3.63, 3.8) is 0 Å². The Morgan fingerprint density at radius 2 is 1.86 bits per heavy atom. The summed E-state index contributed by atoms with van der Waals surface area (Å²) in [6.45, 7) is 6.39. The van der Waals surface area contributed by atoms with Gasteiger partial charge in [0.05, 0.1) is 0 Å². The van der Waals surface area contributed by atoms with Crippen LogP contribution >= 0.6 is 0 Å². The summed E-state index contributed by atoms with van der Waals surface area (Å²) >= 11 is 0. The summed E-state index contributed by atoms with van der Waals surface area (Å²) in [4.78, 5) is 30.7. The Hall–Kier alpha value is -1.91. The number of hydrogen-bond acceptors (Lipinski definition) is 3. The smallest absolute Gasteiger partial charge is 0.238 e. The van der Waals surface area contributed by atoms with Crippen molar-refractivity contribution in [2.75, 3.05) is 13.6 Å². The first-order valence-electron chi connectivity index (χ1n) is 7.72. The zero-order valence-electron chi connectivity index (χ0n) is 13.8. The average Bonchev–Trinajstić information content (AvgIpc) is 3.25. The molecule has 0 saturated heterocycles. The monoisotopic (exact) mass is 303 g/mol. The third-order valence-electron chi connectivity index (χ3n) is 3.91. The second kappa shape index (κ2) is 6.07. The van der Waals surface area contributed by atoms with Crippen LogP contribution in [-0.2, 0) is 16.0 Å². The first-order chi connectivity index (χ1) is 10.2. The van der Waals surface area contributed by atoms with Crippen molar-refractivity contribution in [1.29, 1.82) is 0 Å². The van der Waals surface area contributed by atoms with Gasteiger partial charge in [0.25, 0.3) is 0 Å². The Labute approximate surface area is 132 Å². The van der Waals surface area contributed by atoms with Crippen molar-refractivity contribution in [3.05, 3.63) is 30.1 Å². The number of amides is 2. The van der Waals surface area contributed by atoms with Gasteiger partial charge in [0.1, 0.15) is 5.41 Å². The fraction of sp³-hybridized carbons (Fsp3) is 0.588. The number of pyridine rings is 1. The molecule has 2 rings (SSSR count). The van der Waals surface area contributed by atoms with E-state index in [4.69, 9.17) is 0 Å². The zero-order valence-corrected chi connectivity index (χ0v) is 13.8. The molecule has 0 aliphatic heterocycles. The lowest BCUT2D eigenvalue weighted by molar-refractivity contribution is -0.143. The molecule has 1 aliphatic rings. The summed E-state index contributed by atoms with van der Waals surface area (Å²) in [6, 6.07) is 3.88. The first-order valence-corrected chi connectivity index (χ1v) is 7.72. The number of rotatable bonds is 5. The molecule has 1 aliphatic carbocycles. The molecule has 0 atom stereocenters. The van der Waals surface area contributed by atoms with Gasteiger partial charge in [0, 0.05) is 31.5 Å². The Morgan fingerprint density at radius 3 is 2.36 bits per heavy atom. The minimum absolute atomic E-state index is 0.0664. The van der Waals surface area contributed by atoms with E-state index in [0.29, 0.717) is 19.4 Å². The third-order valence-corrected chi connectivity index (χ3v) is 3.91. The minimum Gasteiger partial charge on any atom is -0.351 e. The van der Waals surface area contributed by atoms with Gasteiger partial charge >= 0.3 is 0 Å². The van der Waals surface area contributed by atoms with Crippen molar-refractivity contribution in [2.24, 2.45) is 5.41 Å². The molecular formula is C17H25N3O2. The molecule has 2 amide bonds. The lowest BCUT2D eigenvalue weighted by atomic mass is 10.0. The highest BCUT2D eigenvalue weighted by Crippen LogP contribution is 2.47. The number of carbonyl (C=O) groups excluding carboxylic acids is 2. The number of nitrogens with one attached hydrogen (secondary N) is 1. The molecule has 0 aromatic carbocycles. The van der Waals surface area contributed by atoms with Gasteiger partial charge in [0.2, 0.25) is 11.8 Å². The molecule has 0 radical (unpaired) electrons. The van der Waals surface area contributed by atoms with Crippen LogP contribution in [-0.4, -0.2) is 40.8 Å². The molecule has 22 heavy (non-hydrogen) atoms. The van der Waals surface area contributed by atoms with Crippen molar-refractivity contribution in [1.82, 2.24) is 15.2 Å². The van der Waals surface area contributed by atoms with E-state index in [2.05, 4.69) is 10.3 Å². The summed E-state index contributed by atoms with van der Waals surface area (Å²) in [6.07, 6.45) is 5.55. The number of carbonyl (C=O) groups is 2. The SMILES string of the molecule is CN(CCc1ccncc1)C(=O)C1(C(=O)NC(C)(C)C)CC1. The Bertz CT molecular complexity index is 545. The van der Waals surface area contributed by atoms with Gasteiger partial charge in [-0.05, 0) is 57.7 Å². The Balaban J connectivity index is 1.94. The fourth-order valence-corrected chi connectivity index (χ4v) is 2.44. The van der Waals surface area contributed by atoms with Crippen molar-refractivity contribution >= 4 is 11.8 Å². The second-order valence-electron chi connectivity index (χ2n) is 7.12. The first kappa shape index (κ1) is 16.5. The van der Waals surface area contributed by atoms with E-state index in [9.17, 15) is 9.59 Å². The molecule has 1 aromatic rings. The van der Waals surface area contributed by atoms with Gasteiger partial charge in [-0.25, -0.2) is 0 Å². The lowest BCUT2D eigenvalue weighted by Gasteiger charge is -2.27. The highest BCUT2D eigenvalue weighted by atomic mass is 16.2. The topological polar surface area (TPSA) is 62.3 Å². The third kappa shape index (κ3) is 3.84. The van der Waals surface area contributed by atoms with Crippen molar-refractivity contribution in [3.8, 4) is 0 Å². The van der Waals surface area contributed by atoms with Gasteiger partial charge in [-0.2, -0.15) is 0 Å². The summed E-state index contributed by atoms with van der Waals surface area (Å²) < 4.78 is 0. The predicted octanol–water partition coefficient (Wildman–Crippen LogP) is 1.78. The maximum atomic E-state index is 12.6. The van der Waals surface area contributed by atoms with E-state index >= 15 is 0 Å². The van der Waals surface area contributed by atoms with Crippen LogP contribution in [0.15, 0.2) is 24.5 Å². The zero-order chi connectivity index (χ0) is 16.4. The van der Waals surface area contributed by atoms with Gasteiger partial charge < -0.3 is 10.2 Å². The van der Waals surface area contributed by atoms with Gasteiger partial charge in [-0.1, -0.05) is 0 Å². The average molecular weight is 303 g/mol. The molecule has 1 heterocycles. The van der Waals surface area contributed by atoms with Crippen LogP contribution in [0.25, 0.3) is 0 Å². The maximum absolute atomic E-state index is 12.6. The molecule has 1 aromatic heterocycles. The molecule has 0 bridgehead atoms. The summed E-state index contributed by atoms with van der Waals surface area (Å²) in [5.41, 5.74) is -0.0123. The van der Waals surface area contributed by atoms with E-state index in [1.807, 2.05) is 32.9 Å². The van der Waals surface area contributed by atoms with E-state index in [0.717, 1.165) is 12.0 Å². The largest absolute Gasteiger partial charge is 0.351 e. The normalized spacial score (nSPS) is 16.0. The lowest BCUT2D eigenvalue weighted by Crippen LogP contribution is -2.50. The minimum atomic E-state index is -0.833. The van der Waals surface area contributed by atoms with Gasteiger partial charge in [-0.3, -0.25) is 14.6 Å². The number of likely N-dealkylation sites (N-methyl/N-ethyl adjacent to an activating group) is 1. The van der Waals surface area contributed by atoms with Crippen LogP contribution < -0.4 is 5.32 Å². The maximum Gasteiger partial charge on any atom is 0.238 e. The second-order valence-corrected chi connectivity index (χ2v) is 7.12. The van der Waals surface area contributed by atoms with Gasteiger partial charge in [-0.15, -0.1) is 0 Å². The van der Waals surface area contributed by atoms with E-state index < -0.39 is 5.41 Å². The molecule has 1 saturated carbocycles. The molecule has 1 fully saturated rings. The number of nitrogens with zero attached hydrogens (tertiary/aromatic N) is 2. The van der Waals surface area contributed by atoms with Crippen LogP contribution in [0.5, 0.6) is 0 Å². The summed E-state index contributed by atoms with van der Waals surface area (Å²) in [5, 5.41) is 2.94. The van der Waals surface area contributed by atoms with E-state index in [-0.39, 0.29) is 17.4 Å². The highest BCUT2D eigenvalue weighted by molar-refractivity contribution is 6.08. The van der Waals surface area contributed by atoms with Gasteiger partial charge in [0.15, 0.2) is 0 Å².